The largest absolute Gasteiger partial charge is 0.323 e. The number of nitrogens with one attached hydrogen (secondary N) is 1. The van der Waals surface area contributed by atoms with Gasteiger partial charge in [-0.15, -0.1) is 0 Å². The molecule has 14 heavy (non-hydrogen) atoms. The Morgan fingerprint density at radius 1 is 1.57 bits per heavy atom. The Balaban J connectivity index is 2.35. The quantitative estimate of drug-likeness (QED) is 0.684. The fourth-order valence-electron chi connectivity index (χ4n) is 1.76. The summed E-state index contributed by atoms with van der Waals surface area (Å²) in [5.74, 6) is 0. The molecule has 3 N–H and O–H groups in total. The minimum absolute atomic E-state index is 0.123. The lowest BCUT2D eigenvalue weighted by Gasteiger charge is -2.20. The molecular formula is C11H15N3. The highest BCUT2D eigenvalue weighted by Gasteiger charge is 2.12. The van der Waals surface area contributed by atoms with Crippen molar-refractivity contribution in [3.8, 4) is 0 Å². The minimum Gasteiger partial charge on any atom is -0.323 e. The summed E-state index contributed by atoms with van der Waals surface area (Å²) in [7, 11) is 0. The summed E-state index contributed by atoms with van der Waals surface area (Å²) >= 11 is 0. The van der Waals surface area contributed by atoms with Crippen LogP contribution in [0.25, 0.3) is 5.57 Å². The number of aryl methyl sites for hydroxylation is 1. The van der Waals surface area contributed by atoms with Crippen LogP contribution in [-0.2, 0) is 0 Å². The number of nitrogens with zero attached hydrogens (tertiary/aromatic N) is 1. The normalized spacial score (nSPS) is 21.9. The van der Waals surface area contributed by atoms with Gasteiger partial charge in [0, 0.05) is 31.0 Å². The molecule has 0 radical (unpaired) electrons. The van der Waals surface area contributed by atoms with Crippen molar-refractivity contribution in [2.24, 2.45) is 5.73 Å². The van der Waals surface area contributed by atoms with Crippen LogP contribution in [0.1, 0.15) is 11.3 Å². The summed E-state index contributed by atoms with van der Waals surface area (Å²) in [6.07, 6.45) is 3.94. The van der Waals surface area contributed by atoms with Crippen LogP contribution in [0.2, 0.25) is 0 Å². The van der Waals surface area contributed by atoms with Gasteiger partial charge in [-0.05, 0) is 24.1 Å². The Kier molecular flexibility index (Phi) is 2.61. The van der Waals surface area contributed by atoms with Gasteiger partial charge in [-0.1, -0.05) is 12.1 Å². The van der Waals surface area contributed by atoms with Gasteiger partial charge >= 0.3 is 0 Å². The van der Waals surface area contributed by atoms with Gasteiger partial charge in [0.2, 0.25) is 0 Å². The number of nitrogens with two attached hydrogens (primary N) is 1. The van der Waals surface area contributed by atoms with E-state index in [1.807, 2.05) is 19.2 Å². The molecular weight excluding hydrogens is 174 g/mol. The summed E-state index contributed by atoms with van der Waals surface area (Å²) in [4.78, 5) is 4.27. The number of pyridine rings is 1. The number of rotatable bonds is 1. The van der Waals surface area contributed by atoms with Crippen LogP contribution in [0.3, 0.4) is 0 Å². The van der Waals surface area contributed by atoms with Crippen LogP contribution in [0.4, 0.5) is 0 Å². The van der Waals surface area contributed by atoms with E-state index in [9.17, 15) is 0 Å². The molecule has 0 amide bonds. The summed E-state index contributed by atoms with van der Waals surface area (Å²) in [6, 6.07) is 4.18. The molecule has 74 valence electrons. The zero-order valence-corrected chi connectivity index (χ0v) is 8.33. The van der Waals surface area contributed by atoms with Crippen LogP contribution in [0.5, 0.6) is 0 Å². The molecule has 1 unspecified atom stereocenters. The lowest BCUT2D eigenvalue weighted by Crippen LogP contribution is -2.37. The highest BCUT2D eigenvalue weighted by Crippen LogP contribution is 2.18. The standard InChI is InChI=1S/C11H15N3/c1-8-11(3-2-4-14-8)9-5-10(12)7-13-6-9/h2-5,10,13H,6-7,12H2,1H3. The molecule has 0 saturated carbocycles. The Hall–Kier alpha value is -1.19. The molecule has 1 atom stereocenters. The van der Waals surface area contributed by atoms with Crippen LogP contribution >= 0.6 is 0 Å². The molecule has 0 aromatic carbocycles. The number of hydrogen-bond acceptors (Lipinski definition) is 3. The third-order valence-corrected chi connectivity index (χ3v) is 2.46. The second-order valence-electron chi connectivity index (χ2n) is 3.62. The Bertz CT molecular complexity index is 357. The predicted molar refractivity (Wildman–Crippen MR) is 57.8 cm³/mol. The Labute approximate surface area is 84.0 Å². The average Bonchev–Trinajstić information content (AvgIpc) is 2.18. The molecule has 1 aliphatic rings. The Morgan fingerprint density at radius 3 is 3.14 bits per heavy atom. The first kappa shape index (κ1) is 9.37. The fraction of sp³-hybridized carbons (Fsp3) is 0.364. The fourth-order valence-corrected chi connectivity index (χ4v) is 1.76. The smallest absolute Gasteiger partial charge is 0.0448 e. The van der Waals surface area contributed by atoms with E-state index >= 15 is 0 Å². The first-order chi connectivity index (χ1) is 6.77. The maximum absolute atomic E-state index is 5.85. The van der Waals surface area contributed by atoms with Crippen molar-refractivity contribution in [3.63, 3.8) is 0 Å². The van der Waals surface area contributed by atoms with E-state index in [-0.39, 0.29) is 6.04 Å². The van der Waals surface area contributed by atoms with Crippen molar-refractivity contribution in [1.29, 1.82) is 0 Å². The molecule has 1 aromatic heterocycles. The summed E-state index contributed by atoms with van der Waals surface area (Å²) in [6.45, 7) is 3.78. The van der Waals surface area contributed by atoms with Crippen LogP contribution in [0, 0.1) is 6.92 Å². The lowest BCUT2D eigenvalue weighted by molar-refractivity contribution is 0.662. The highest BCUT2D eigenvalue weighted by molar-refractivity contribution is 5.69. The van der Waals surface area contributed by atoms with Crippen molar-refractivity contribution in [2.45, 2.75) is 13.0 Å². The van der Waals surface area contributed by atoms with Crippen LogP contribution < -0.4 is 11.1 Å². The van der Waals surface area contributed by atoms with E-state index in [4.69, 9.17) is 5.73 Å². The molecule has 1 aromatic rings. The van der Waals surface area contributed by atoms with Crippen molar-refractivity contribution >= 4 is 5.57 Å². The van der Waals surface area contributed by atoms with E-state index < -0.39 is 0 Å². The van der Waals surface area contributed by atoms with E-state index in [1.54, 1.807) is 0 Å². The van der Waals surface area contributed by atoms with Crippen LogP contribution in [0.15, 0.2) is 24.4 Å². The van der Waals surface area contributed by atoms with Gasteiger partial charge in [0.25, 0.3) is 0 Å². The van der Waals surface area contributed by atoms with E-state index in [1.165, 1.54) is 11.1 Å². The molecule has 2 heterocycles. The third kappa shape index (κ3) is 1.84. The number of aromatic nitrogens is 1. The highest BCUT2D eigenvalue weighted by atomic mass is 14.9. The topological polar surface area (TPSA) is 50.9 Å². The predicted octanol–water partition coefficient (Wildman–Crippen LogP) is 0.704. The molecule has 0 spiro atoms. The second-order valence-corrected chi connectivity index (χ2v) is 3.62. The van der Waals surface area contributed by atoms with Crippen molar-refractivity contribution in [2.75, 3.05) is 13.1 Å². The maximum Gasteiger partial charge on any atom is 0.0448 e. The van der Waals surface area contributed by atoms with Gasteiger partial charge in [-0.25, -0.2) is 0 Å². The molecule has 0 aliphatic carbocycles. The summed E-state index contributed by atoms with van der Waals surface area (Å²) in [5.41, 5.74) is 9.38. The van der Waals surface area contributed by atoms with E-state index in [0.29, 0.717) is 0 Å². The molecule has 0 saturated heterocycles. The first-order valence-corrected chi connectivity index (χ1v) is 4.86. The van der Waals surface area contributed by atoms with Gasteiger partial charge < -0.3 is 11.1 Å². The van der Waals surface area contributed by atoms with Gasteiger partial charge in [0.05, 0.1) is 0 Å². The SMILES string of the molecule is Cc1ncccc1C1=CC(N)CNC1. The van der Waals surface area contributed by atoms with Crippen molar-refractivity contribution in [1.82, 2.24) is 10.3 Å². The molecule has 0 bridgehead atoms. The molecule has 3 heteroatoms. The van der Waals surface area contributed by atoms with Crippen molar-refractivity contribution in [3.05, 3.63) is 35.7 Å². The monoisotopic (exact) mass is 189 g/mol. The van der Waals surface area contributed by atoms with E-state index in [0.717, 1.165) is 18.8 Å². The zero-order valence-electron chi connectivity index (χ0n) is 8.33. The third-order valence-electron chi connectivity index (χ3n) is 2.46. The van der Waals surface area contributed by atoms with Gasteiger partial charge in [0.1, 0.15) is 0 Å². The van der Waals surface area contributed by atoms with Gasteiger partial charge in [-0.3, -0.25) is 4.98 Å². The first-order valence-electron chi connectivity index (χ1n) is 4.86. The molecule has 1 aliphatic heterocycles. The zero-order chi connectivity index (χ0) is 9.97. The summed E-state index contributed by atoms with van der Waals surface area (Å²) in [5, 5.41) is 3.29. The van der Waals surface area contributed by atoms with Crippen LogP contribution in [-0.4, -0.2) is 24.1 Å². The lowest BCUT2D eigenvalue weighted by atomic mass is 10.00. The summed E-state index contributed by atoms with van der Waals surface area (Å²) < 4.78 is 0. The van der Waals surface area contributed by atoms with E-state index in [2.05, 4.69) is 22.4 Å². The maximum atomic E-state index is 5.85. The molecule has 0 fully saturated rings. The molecule has 2 rings (SSSR count). The second kappa shape index (κ2) is 3.90. The molecule has 3 nitrogen and oxygen atoms in total. The Morgan fingerprint density at radius 2 is 2.43 bits per heavy atom. The van der Waals surface area contributed by atoms with Gasteiger partial charge in [0.15, 0.2) is 0 Å². The van der Waals surface area contributed by atoms with Gasteiger partial charge in [-0.2, -0.15) is 0 Å². The van der Waals surface area contributed by atoms with Crippen molar-refractivity contribution < 1.29 is 0 Å². The average molecular weight is 189 g/mol. The number of hydrogen-bond donors (Lipinski definition) is 2. The minimum atomic E-state index is 0.123.